The van der Waals surface area contributed by atoms with Crippen LogP contribution in [0, 0.1) is 17.2 Å². The molecule has 1 aliphatic rings. The fraction of sp³-hybridized carbons (Fsp3) is 0.467. The number of esters is 1. The number of aromatic nitrogens is 1. The van der Waals surface area contributed by atoms with Crippen molar-refractivity contribution in [3.05, 3.63) is 29.6 Å². The molecule has 0 aromatic carbocycles. The Labute approximate surface area is 123 Å². The van der Waals surface area contributed by atoms with Gasteiger partial charge in [-0.15, -0.1) is 0 Å². The van der Waals surface area contributed by atoms with Crippen LogP contribution < -0.4 is 0 Å². The van der Waals surface area contributed by atoms with Gasteiger partial charge in [0.25, 0.3) is 5.91 Å². The van der Waals surface area contributed by atoms with E-state index in [0.717, 1.165) is 0 Å². The normalized spacial score (nSPS) is 15.3. The minimum atomic E-state index is -0.176. The molecule has 2 heterocycles. The van der Waals surface area contributed by atoms with E-state index in [1.54, 1.807) is 17.9 Å². The van der Waals surface area contributed by atoms with Gasteiger partial charge in [0.2, 0.25) is 0 Å². The van der Waals surface area contributed by atoms with Gasteiger partial charge in [-0.05, 0) is 31.9 Å². The number of likely N-dealkylation sites (tertiary alicyclic amines) is 1. The van der Waals surface area contributed by atoms with Crippen LogP contribution in [-0.4, -0.2) is 41.5 Å². The molecule has 0 radical (unpaired) electrons. The molecule has 2 rings (SSSR count). The number of hydrogen-bond donors (Lipinski definition) is 0. The monoisotopic (exact) mass is 287 g/mol. The first-order valence-electron chi connectivity index (χ1n) is 6.97. The average Bonchev–Trinajstić information content (AvgIpc) is 2.54. The number of carbonyl (C=O) groups excluding carboxylic acids is 2. The first-order valence-corrected chi connectivity index (χ1v) is 6.97. The maximum absolute atomic E-state index is 12.3. The standard InChI is InChI=1S/C15H17N3O3/c1-2-21-15(20)11-5-7-18(8-6-11)14(19)12-3-4-13(9-16)17-10-12/h3-4,10-11H,2,5-8H2,1H3. The van der Waals surface area contributed by atoms with Crippen LogP contribution in [0.5, 0.6) is 0 Å². The van der Waals surface area contributed by atoms with Crippen molar-refractivity contribution in [1.29, 1.82) is 5.26 Å². The molecule has 1 aromatic rings. The maximum Gasteiger partial charge on any atom is 0.309 e. The van der Waals surface area contributed by atoms with Gasteiger partial charge in [0, 0.05) is 19.3 Å². The number of piperidine rings is 1. The minimum absolute atomic E-state index is 0.116. The summed E-state index contributed by atoms with van der Waals surface area (Å²) in [6.07, 6.45) is 2.65. The molecule has 0 atom stereocenters. The lowest BCUT2D eigenvalue weighted by Gasteiger charge is -2.30. The van der Waals surface area contributed by atoms with Crippen molar-refractivity contribution in [2.75, 3.05) is 19.7 Å². The number of carbonyl (C=O) groups is 2. The number of nitriles is 1. The van der Waals surface area contributed by atoms with E-state index < -0.39 is 0 Å². The highest BCUT2D eigenvalue weighted by Crippen LogP contribution is 2.20. The quantitative estimate of drug-likeness (QED) is 0.784. The van der Waals surface area contributed by atoms with Crippen LogP contribution >= 0.6 is 0 Å². The molecule has 1 fully saturated rings. The Balaban J connectivity index is 1.93. The molecule has 0 spiro atoms. The summed E-state index contributed by atoms with van der Waals surface area (Å²) in [6.45, 7) is 3.23. The SMILES string of the molecule is CCOC(=O)C1CCN(C(=O)c2ccc(C#N)nc2)CC1. The first-order chi connectivity index (χ1) is 10.2. The zero-order chi connectivity index (χ0) is 15.2. The molecule has 6 nitrogen and oxygen atoms in total. The summed E-state index contributed by atoms with van der Waals surface area (Å²) >= 11 is 0. The van der Waals surface area contributed by atoms with Crippen LogP contribution in [0.25, 0.3) is 0 Å². The molecule has 21 heavy (non-hydrogen) atoms. The summed E-state index contributed by atoms with van der Waals surface area (Å²) in [4.78, 5) is 29.5. The lowest BCUT2D eigenvalue weighted by Crippen LogP contribution is -2.40. The second-order valence-electron chi connectivity index (χ2n) is 4.86. The van der Waals surface area contributed by atoms with E-state index in [4.69, 9.17) is 10.00 Å². The van der Waals surface area contributed by atoms with E-state index in [1.807, 2.05) is 6.07 Å². The zero-order valence-electron chi connectivity index (χ0n) is 11.9. The lowest BCUT2D eigenvalue weighted by molar-refractivity contribution is -0.149. The van der Waals surface area contributed by atoms with Gasteiger partial charge in [-0.3, -0.25) is 9.59 Å². The molecule has 1 saturated heterocycles. The molecule has 1 aliphatic heterocycles. The molecule has 0 saturated carbocycles. The highest BCUT2D eigenvalue weighted by Gasteiger charge is 2.28. The number of rotatable bonds is 3. The molecule has 0 unspecified atom stereocenters. The van der Waals surface area contributed by atoms with Gasteiger partial charge in [0.05, 0.1) is 18.1 Å². The first kappa shape index (κ1) is 15.0. The predicted molar refractivity (Wildman–Crippen MR) is 74.2 cm³/mol. The lowest BCUT2D eigenvalue weighted by atomic mass is 9.96. The second-order valence-corrected chi connectivity index (χ2v) is 4.86. The van der Waals surface area contributed by atoms with Crippen LogP contribution in [0.3, 0.4) is 0 Å². The van der Waals surface area contributed by atoms with Crippen molar-refractivity contribution >= 4 is 11.9 Å². The van der Waals surface area contributed by atoms with Crippen molar-refractivity contribution in [3.8, 4) is 6.07 Å². The molecule has 0 bridgehead atoms. The molecular weight excluding hydrogens is 270 g/mol. The third kappa shape index (κ3) is 3.57. The molecule has 0 aliphatic carbocycles. The third-order valence-corrected chi connectivity index (χ3v) is 3.53. The largest absolute Gasteiger partial charge is 0.466 e. The summed E-state index contributed by atoms with van der Waals surface area (Å²) in [6, 6.07) is 5.04. The van der Waals surface area contributed by atoms with Gasteiger partial charge in [-0.25, -0.2) is 4.98 Å². The Bertz CT molecular complexity index is 555. The van der Waals surface area contributed by atoms with E-state index >= 15 is 0 Å². The molecule has 1 amide bonds. The van der Waals surface area contributed by atoms with Crippen LogP contribution in [0.15, 0.2) is 18.3 Å². The topological polar surface area (TPSA) is 83.3 Å². The highest BCUT2D eigenvalue weighted by atomic mass is 16.5. The summed E-state index contributed by atoms with van der Waals surface area (Å²) < 4.78 is 5.00. The van der Waals surface area contributed by atoms with Crippen molar-refractivity contribution in [1.82, 2.24) is 9.88 Å². The molecule has 110 valence electrons. The second kappa shape index (κ2) is 6.84. The number of amides is 1. The predicted octanol–water partition coefficient (Wildman–Crippen LogP) is 1.37. The summed E-state index contributed by atoms with van der Waals surface area (Å²) in [7, 11) is 0. The van der Waals surface area contributed by atoms with E-state index in [-0.39, 0.29) is 23.5 Å². The van der Waals surface area contributed by atoms with Gasteiger partial charge >= 0.3 is 5.97 Å². The molecule has 6 heteroatoms. The van der Waals surface area contributed by atoms with Gasteiger partial charge in [-0.2, -0.15) is 5.26 Å². The van der Waals surface area contributed by atoms with Crippen LogP contribution in [0.2, 0.25) is 0 Å². The van der Waals surface area contributed by atoms with Crippen molar-refractivity contribution < 1.29 is 14.3 Å². The van der Waals surface area contributed by atoms with Crippen molar-refractivity contribution in [2.45, 2.75) is 19.8 Å². The van der Waals surface area contributed by atoms with Gasteiger partial charge < -0.3 is 9.64 Å². The Hall–Kier alpha value is -2.42. The summed E-state index contributed by atoms with van der Waals surface area (Å²) in [5.74, 6) is -0.410. The number of ether oxygens (including phenoxy) is 1. The van der Waals surface area contributed by atoms with Crippen LogP contribution in [0.1, 0.15) is 35.8 Å². The Kier molecular flexibility index (Phi) is 4.88. The van der Waals surface area contributed by atoms with Crippen LogP contribution in [0.4, 0.5) is 0 Å². The van der Waals surface area contributed by atoms with Crippen molar-refractivity contribution in [2.24, 2.45) is 5.92 Å². The van der Waals surface area contributed by atoms with Gasteiger partial charge in [0.15, 0.2) is 0 Å². The minimum Gasteiger partial charge on any atom is -0.466 e. The smallest absolute Gasteiger partial charge is 0.309 e. The van der Waals surface area contributed by atoms with E-state index in [9.17, 15) is 9.59 Å². The van der Waals surface area contributed by atoms with E-state index in [0.29, 0.717) is 38.1 Å². The highest BCUT2D eigenvalue weighted by molar-refractivity contribution is 5.94. The number of hydrogen-bond acceptors (Lipinski definition) is 5. The number of nitrogens with zero attached hydrogens (tertiary/aromatic N) is 3. The maximum atomic E-state index is 12.3. The molecule has 0 N–H and O–H groups in total. The fourth-order valence-corrected chi connectivity index (χ4v) is 2.35. The van der Waals surface area contributed by atoms with E-state index in [2.05, 4.69) is 4.98 Å². The van der Waals surface area contributed by atoms with Gasteiger partial charge in [-0.1, -0.05) is 0 Å². The Morgan fingerprint density at radius 3 is 2.67 bits per heavy atom. The van der Waals surface area contributed by atoms with E-state index in [1.165, 1.54) is 12.3 Å². The zero-order valence-corrected chi connectivity index (χ0v) is 11.9. The third-order valence-electron chi connectivity index (χ3n) is 3.53. The van der Waals surface area contributed by atoms with Crippen molar-refractivity contribution in [3.63, 3.8) is 0 Å². The fourth-order valence-electron chi connectivity index (χ4n) is 2.35. The van der Waals surface area contributed by atoms with Crippen LogP contribution in [-0.2, 0) is 9.53 Å². The Morgan fingerprint density at radius 1 is 1.43 bits per heavy atom. The molecular formula is C15H17N3O3. The Morgan fingerprint density at radius 2 is 2.14 bits per heavy atom. The number of pyridine rings is 1. The summed E-state index contributed by atoms with van der Waals surface area (Å²) in [5, 5.41) is 8.69. The van der Waals surface area contributed by atoms with Gasteiger partial charge in [0.1, 0.15) is 11.8 Å². The average molecular weight is 287 g/mol. The molecule has 1 aromatic heterocycles. The summed E-state index contributed by atoms with van der Waals surface area (Å²) in [5.41, 5.74) is 0.746.